The van der Waals surface area contributed by atoms with Crippen LogP contribution in [0.3, 0.4) is 0 Å². The van der Waals surface area contributed by atoms with Crippen LogP contribution in [0.4, 0.5) is 0 Å². The maximum Gasteiger partial charge on any atom is 0.220 e. The quantitative estimate of drug-likeness (QED) is 0.459. The van der Waals surface area contributed by atoms with E-state index >= 15 is 0 Å². The predicted molar refractivity (Wildman–Crippen MR) is 125 cm³/mol. The predicted octanol–water partition coefficient (Wildman–Crippen LogP) is 5.25. The molecular formula is C26H38N2O3. The fraction of sp³-hybridized carbons (Fsp3) is 0.654. The smallest absolute Gasteiger partial charge is 0.220 e. The number of benzene rings is 1. The number of rotatable bonds is 11. The van der Waals surface area contributed by atoms with Gasteiger partial charge in [-0.3, -0.25) is 4.90 Å². The van der Waals surface area contributed by atoms with Crippen LogP contribution in [-0.4, -0.2) is 56.4 Å². The van der Waals surface area contributed by atoms with E-state index in [0.717, 1.165) is 79.7 Å². The summed E-state index contributed by atoms with van der Waals surface area (Å²) in [6.07, 6.45) is 11.9. The average molecular weight is 427 g/mol. The van der Waals surface area contributed by atoms with E-state index in [2.05, 4.69) is 17.0 Å². The average Bonchev–Trinajstić information content (AvgIpc) is 3.33. The van der Waals surface area contributed by atoms with Gasteiger partial charge in [0.15, 0.2) is 0 Å². The molecular weight excluding hydrogens is 388 g/mol. The van der Waals surface area contributed by atoms with Gasteiger partial charge in [-0.2, -0.15) is 0 Å². The van der Waals surface area contributed by atoms with Crippen LogP contribution in [0, 0.1) is 5.92 Å². The molecule has 1 aliphatic heterocycles. The molecule has 4 rings (SSSR count). The molecule has 1 aliphatic carbocycles. The second kappa shape index (κ2) is 11.7. The number of fused-ring (bicyclic) bond motifs is 1. The zero-order valence-electron chi connectivity index (χ0n) is 19.1. The van der Waals surface area contributed by atoms with Crippen LogP contribution in [-0.2, 0) is 11.2 Å². The molecule has 0 radical (unpaired) electrons. The molecule has 2 aromatic rings. The topological polar surface area (TPSA) is 43.8 Å². The second-order valence-electron chi connectivity index (χ2n) is 9.00. The molecule has 0 bridgehead atoms. The molecule has 1 saturated carbocycles. The third-order valence-corrected chi connectivity index (χ3v) is 6.87. The summed E-state index contributed by atoms with van der Waals surface area (Å²) < 4.78 is 17.6. The monoisotopic (exact) mass is 426 g/mol. The van der Waals surface area contributed by atoms with Crippen LogP contribution >= 0.6 is 0 Å². The molecule has 2 heterocycles. The lowest BCUT2D eigenvalue weighted by atomic mass is 9.98. The minimum atomic E-state index is 0.672. The molecule has 2 fully saturated rings. The molecule has 1 saturated heterocycles. The van der Waals surface area contributed by atoms with Crippen LogP contribution in [0.25, 0.3) is 10.9 Å². The van der Waals surface area contributed by atoms with Crippen LogP contribution in [0.2, 0.25) is 0 Å². The lowest BCUT2D eigenvalue weighted by molar-refractivity contribution is 0.0322. The van der Waals surface area contributed by atoms with Gasteiger partial charge in [0.2, 0.25) is 5.88 Å². The molecule has 1 aromatic carbocycles. The Kier molecular flexibility index (Phi) is 8.42. The highest BCUT2D eigenvalue weighted by atomic mass is 16.5. The fourth-order valence-electron chi connectivity index (χ4n) is 5.07. The van der Waals surface area contributed by atoms with Gasteiger partial charge in [0, 0.05) is 25.0 Å². The zero-order valence-corrected chi connectivity index (χ0v) is 19.1. The van der Waals surface area contributed by atoms with Crippen molar-refractivity contribution < 1.29 is 14.2 Å². The molecule has 0 atom stereocenters. The van der Waals surface area contributed by atoms with Crippen molar-refractivity contribution in [3.05, 3.63) is 29.8 Å². The Balaban J connectivity index is 1.42. The largest absolute Gasteiger partial charge is 0.491 e. The normalized spacial score (nSPS) is 18.0. The van der Waals surface area contributed by atoms with Crippen molar-refractivity contribution in [3.8, 4) is 11.6 Å². The van der Waals surface area contributed by atoms with Crippen molar-refractivity contribution in [2.75, 3.05) is 46.6 Å². The summed E-state index contributed by atoms with van der Waals surface area (Å²) >= 11 is 0. The maximum absolute atomic E-state index is 6.43. The van der Waals surface area contributed by atoms with E-state index in [9.17, 15) is 0 Å². The van der Waals surface area contributed by atoms with Gasteiger partial charge in [-0.1, -0.05) is 57.1 Å². The number of ether oxygens (including phenoxy) is 3. The molecule has 0 N–H and O–H groups in total. The Morgan fingerprint density at radius 3 is 2.68 bits per heavy atom. The second-order valence-corrected chi connectivity index (χ2v) is 9.00. The Morgan fingerprint density at radius 2 is 1.87 bits per heavy atom. The molecule has 0 unspecified atom stereocenters. The first-order chi connectivity index (χ1) is 15.3. The van der Waals surface area contributed by atoms with Crippen molar-refractivity contribution >= 4 is 10.9 Å². The number of para-hydroxylation sites is 1. The van der Waals surface area contributed by atoms with Crippen LogP contribution in [0.15, 0.2) is 24.3 Å². The molecule has 5 nitrogen and oxygen atoms in total. The zero-order chi connectivity index (χ0) is 21.3. The van der Waals surface area contributed by atoms with Crippen molar-refractivity contribution in [3.63, 3.8) is 0 Å². The van der Waals surface area contributed by atoms with Crippen molar-refractivity contribution in [1.82, 2.24) is 9.88 Å². The highest BCUT2D eigenvalue weighted by Gasteiger charge is 2.19. The SMILES string of the molecule is COc1nc2ccccc2c(OCCN2CCOCC2)c1CCCCCC1CCCC1. The van der Waals surface area contributed by atoms with Crippen LogP contribution in [0.5, 0.6) is 11.6 Å². The number of morpholine rings is 1. The van der Waals surface area contributed by atoms with Gasteiger partial charge in [-0.05, 0) is 30.9 Å². The van der Waals surface area contributed by atoms with Crippen LogP contribution in [0.1, 0.15) is 56.9 Å². The number of nitrogens with zero attached hydrogens (tertiary/aromatic N) is 2. The minimum Gasteiger partial charge on any atom is -0.491 e. The van der Waals surface area contributed by atoms with Crippen molar-refractivity contribution in [1.29, 1.82) is 0 Å². The summed E-state index contributed by atoms with van der Waals surface area (Å²) in [5.74, 6) is 2.67. The Labute approximate surface area is 187 Å². The number of pyridine rings is 1. The molecule has 170 valence electrons. The van der Waals surface area contributed by atoms with E-state index in [4.69, 9.17) is 19.2 Å². The number of hydrogen-bond acceptors (Lipinski definition) is 5. The molecule has 0 amide bonds. The van der Waals surface area contributed by atoms with E-state index in [1.807, 2.05) is 12.1 Å². The summed E-state index contributed by atoms with van der Waals surface area (Å²) in [6.45, 7) is 5.19. The number of aromatic nitrogens is 1. The summed E-state index contributed by atoms with van der Waals surface area (Å²) in [7, 11) is 1.72. The van der Waals surface area contributed by atoms with E-state index in [1.165, 1.54) is 44.9 Å². The molecule has 2 aliphatic rings. The summed E-state index contributed by atoms with van der Waals surface area (Å²) in [5, 5.41) is 1.09. The van der Waals surface area contributed by atoms with Gasteiger partial charge < -0.3 is 14.2 Å². The first-order valence-corrected chi connectivity index (χ1v) is 12.2. The number of hydrogen-bond donors (Lipinski definition) is 0. The summed E-state index contributed by atoms with van der Waals surface area (Å²) in [4.78, 5) is 7.19. The molecule has 5 heteroatoms. The highest BCUT2D eigenvalue weighted by molar-refractivity contribution is 5.87. The summed E-state index contributed by atoms with van der Waals surface area (Å²) in [5.41, 5.74) is 2.06. The van der Waals surface area contributed by atoms with Crippen LogP contribution < -0.4 is 9.47 Å². The highest BCUT2D eigenvalue weighted by Crippen LogP contribution is 2.36. The van der Waals surface area contributed by atoms with Gasteiger partial charge in [-0.25, -0.2) is 4.98 Å². The first-order valence-electron chi connectivity index (χ1n) is 12.2. The van der Waals surface area contributed by atoms with Gasteiger partial charge >= 0.3 is 0 Å². The van der Waals surface area contributed by atoms with Gasteiger partial charge in [0.05, 0.1) is 31.4 Å². The van der Waals surface area contributed by atoms with E-state index in [1.54, 1.807) is 7.11 Å². The summed E-state index contributed by atoms with van der Waals surface area (Å²) in [6, 6.07) is 8.25. The fourth-order valence-corrected chi connectivity index (χ4v) is 5.07. The lowest BCUT2D eigenvalue weighted by Gasteiger charge is -2.26. The minimum absolute atomic E-state index is 0.672. The lowest BCUT2D eigenvalue weighted by Crippen LogP contribution is -2.38. The Morgan fingerprint density at radius 1 is 1.06 bits per heavy atom. The van der Waals surface area contributed by atoms with E-state index in [0.29, 0.717) is 6.61 Å². The van der Waals surface area contributed by atoms with Crippen molar-refractivity contribution in [2.24, 2.45) is 5.92 Å². The van der Waals surface area contributed by atoms with Gasteiger partial charge in [0.1, 0.15) is 12.4 Å². The number of unbranched alkanes of at least 4 members (excludes halogenated alkanes) is 2. The molecule has 0 spiro atoms. The molecule has 31 heavy (non-hydrogen) atoms. The van der Waals surface area contributed by atoms with E-state index in [-0.39, 0.29) is 0 Å². The van der Waals surface area contributed by atoms with Crippen molar-refractivity contribution in [2.45, 2.75) is 57.8 Å². The van der Waals surface area contributed by atoms with E-state index < -0.39 is 0 Å². The first kappa shape index (κ1) is 22.3. The van der Waals surface area contributed by atoms with Gasteiger partial charge in [0.25, 0.3) is 0 Å². The Hall–Kier alpha value is -1.85. The third kappa shape index (κ3) is 6.11. The molecule has 1 aromatic heterocycles. The maximum atomic E-state index is 6.43. The number of methoxy groups -OCH3 is 1. The Bertz CT molecular complexity index is 814. The van der Waals surface area contributed by atoms with Gasteiger partial charge in [-0.15, -0.1) is 0 Å². The standard InChI is InChI=1S/C26H38N2O3/c1-29-26-23(13-4-2-3-9-21-10-5-6-11-21)25(22-12-7-8-14-24(22)27-26)31-20-17-28-15-18-30-19-16-28/h7-8,12,14,21H,2-6,9-11,13,15-20H2,1H3. The third-order valence-electron chi connectivity index (χ3n) is 6.87.